The minimum absolute atomic E-state index is 0. The second-order valence-electron chi connectivity index (χ2n) is 6.17. The number of aliphatic imine (C=N–C) groups is 1. The van der Waals surface area contributed by atoms with Crippen molar-refractivity contribution in [3.63, 3.8) is 0 Å². The molecular formula is C17H31IN4O2S. The van der Waals surface area contributed by atoms with Crippen molar-refractivity contribution in [2.75, 3.05) is 26.7 Å². The van der Waals surface area contributed by atoms with Crippen LogP contribution in [0.15, 0.2) is 34.2 Å². The number of guanidine groups is 1. The smallest absolute Gasteiger partial charge is 0.240 e. The summed E-state index contributed by atoms with van der Waals surface area (Å²) in [6.07, 6.45) is 2.25. The maximum Gasteiger partial charge on any atom is 0.240 e. The minimum atomic E-state index is -3.46. The Balaban J connectivity index is 0.00000576. The van der Waals surface area contributed by atoms with Gasteiger partial charge in [-0.25, -0.2) is 13.1 Å². The fraction of sp³-hybridized carbons (Fsp3) is 0.588. The third-order valence-corrected chi connectivity index (χ3v) is 4.99. The molecule has 0 aliphatic rings. The van der Waals surface area contributed by atoms with E-state index in [1.165, 1.54) is 6.42 Å². The molecule has 0 spiro atoms. The molecular weight excluding hydrogens is 451 g/mol. The van der Waals surface area contributed by atoms with Crippen molar-refractivity contribution in [3.8, 4) is 0 Å². The van der Waals surface area contributed by atoms with Crippen LogP contribution >= 0.6 is 24.0 Å². The van der Waals surface area contributed by atoms with E-state index in [0.29, 0.717) is 25.0 Å². The lowest BCUT2D eigenvalue weighted by Gasteiger charge is -2.13. The number of hydrogen-bond acceptors (Lipinski definition) is 3. The molecule has 1 rings (SSSR count). The van der Waals surface area contributed by atoms with Crippen molar-refractivity contribution in [1.82, 2.24) is 15.4 Å². The number of nitrogens with one attached hydrogen (secondary N) is 3. The highest BCUT2D eigenvalue weighted by molar-refractivity contribution is 14.0. The molecule has 1 aromatic carbocycles. The number of nitrogens with zero attached hydrogens (tertiary/aromatic N) is 1. The van der Waals surface area contributed by atoms with Crippen molar-refractivity contribution < 1.29 is 8.42 Å². The number of sulfonamides is 1. The summed E-state index contributed by atoms with van der Waals surface area (Å²) in [6, 6.07) is 6.80. The van der Waals surface area contributed by atoms with Crippen LogP contribution in [-0.4, -0.2) is 41.1 Å². The first-order valence-electron chi connectivity index (χ1n) is 8.36. The molecule has 0 aromatic heterocycles. The van der Waals surface area contributed by atoms with Crippen LogP contribution in [0.2, 0.25) is 0 Å². The molecule has 6 nitrogen and oxygen atoms in total. The number of hydrogen-bond donors (Lipinski definition) is 3. The van der Waals surface area contributed by atoms with E-state index in [4.69, 9.17) is 0 Å². The van der Waals surface area contributed by atoms with Gasteiger partial charge in [-0.2, -0.15) is 0 Å². The number of benzene rings is 1. The Morgan fingerprint density at radius 3 is 2.24 bits per heavy atom. The van der Waals surface area contributed by atoms with Crippen LogP contribution in [0.4, 0.5) is 0 Å². The van der Waals surface area contributed by atoms with Gasteiger partial charge in [0.25, 0.3) is 0 Å². The first-order valence-corrected chi connectivity index (χ1v) is 9.84. The normalized spacial score (nSPS) is 12.0. The van der Waals surface area contributed by atoms with E-state index in [9.17, 15) is 8.42 Å². The standard InChI is InChI=1S/C17H30N4O2S.HI/c1-14(2)6-5-11-19-17(18-4)20-12-13-21-24(22,23)16-9-7-15(3)8-10-16;/h7-10,14,21H,5-6,11-13H2,1-4H3,(H2,18,19,20);1H. The minimum Gasteiger partial charge on any atom is -0.356 e. The van der Waals surface area contributed by atoms with E-state index in [1.807, 2.05) is 6.92 Å². The van der Waals surface area contributed by atoms with Gasteiger partial charge in [0, 0.05) is 26.7 Å². The van der Waals surface area contributed by atoms with E-state index in [-0.39, 0.29) is 28.9 Å². The number of aryl methyl sites for hydroxylation is 1. The molecule has 0 atom stereocenters. The van der Waals surface area contributed by atoms with Gasteiger partial charge < -0.3 is 10.6 Å². The van der Waals surface area contributed by atoms with Crippen molar-refractivity contribution in [2.45, 2.75) is 38.5 Å². The summed E-state index contributed by atoms with van der Waals surface area (Å²) in [5.74, 6) is 1.38. The number of rotatable bonds is 9. The van der Waals surface area contributed by atoms with Gasteiger partial charge in [0.15, 0.2) is 5.96 Å². The summed E-state index contributed by atoms with van der Waals surface area (Å²) in [5, 5.41) is 6.32. The van der Waals surface area contributed by atoms with Crippen LogP contribution in [-0.2, 0) is 10.0 Å². The Bertz CT molecular complexity index is 616. The Hall–Kier alpha value is -0.870. The van der Waals surface area contributed by atoms with Gasteiger partial charge >= 0.3 is 0 Å². The Morgan fingerprint density at radius 2 is 1.68 bits per heavy atom. The van der Waals surface area contributed by atoms with Crippen molar-refractivity contribution in [1.29, 1.82) is 0 Å². The Kier molecular flexibility index (Phi) is 12.0. The monoisotopic (exact) mass is 482 g/mol. The summed E-state index contributed by atoms with van der Waals surface area (Å²) in [5.41, 5.74) is 1.03. The second kappa shape index (κ2) is 12.5. The lowest BCUT2D eigenvalue weighted by atomic mass is 10.1. The zero-order valence-corrected chi connectivity index (χ0v) is 18.6. The molecule has 0 unspecified atom stereocenters. The molecule has 0 saturated heterocycles. The SMILES string of the molecule is CN=C(NCCCC(C)C)NCCNS(=O)(=O)c1ccc(C)cc1.I. The molecule has 25 heavy (non-hydrogen) atoms. The summed E-state index contributed by atoms with van der Waals surface area (Å²) in [6.45, 7) is 7.94. The first kappa shape index (κ1) is 24.1. The molecule has 0 fully saturated rings. The number of halogens is 1. The fourth-order valence-corrected chi connectivity index (χ4v) is 3.14. The summed E-state index contributed by atoms with van der Waals surface area (Å²) < 4.78 is 26.9. The molecule has 0 aliphatic heterocycles. The van der Waals surface area contributed by atoms with Crippen LogP contribution < -0.4 is 15.4 Å². The molecule has 0 aliphatic carbocycles. The van der Waals surface area contributed by atoms with E-state index in [1.54, 1.807) is 31.3 Å². The van der Waals surface area contributed by atoms with E-state index in [2.05, 4.69) is 34.2 Å². The van der Waals surface area contributed by atoms with E-state index >= 15 is 0 Å². The van der Waals surface area contributed by atoms with E-state index < -0.39 is 10.0 Å². The molecule has 3 N–H and O–H groups in total. The molecule has 0 bridgehead atoms. The summed E-state index contributed by atoms with van der Waals surface area (Å²) >= 11 is 0. The molecule has 0 saturated carbocycles. The van der Waals surface area contributed by atoms with Gasteiger partial charge in [0.1, 0.15) is 0 Å². The maximum atomic E-state index is 12.1. The van der Waals surface area contributed by atoms with Crippen LogP contribution in [0, 0.1) is 12.8 Å². The summed E-state index contributed by atoms with van der Waals surface area (Å²) in [4.78, 5) is 4.41. The molecule has 144 valence electrons. The largest absolute Gasteiger partial charge is 0.356 e. The lowest BCUT2D eigenvalue weighted by molar-refractivity contribution is 0.549. The van der Waals surface area contributed by atoms with Gasteiger partial charge in [-0.05, 0) is 37.8 Å². The van der Waals surface area contributed by atoms with Gasteiger partial charge in [-0.3, -0.25) is 4.99 Å². The average Bonchev–Trinajstić information content (AvgIpc) is 2.53. The van der Waals surface area contributed by atoms with Gasteiger partial charge in [0.2, 0.25) is 10.0 Å². The van der Waals surface area contributed by atoms with Gasteiger partial charge in [-0.1, -0.05) is 31.5 Å². The molecule has 0 amide bonds. The average molecular weight is 482 g/mol. The second-order valence-corrected chi connectivity index (χ2v) is 7.94. The lowest BCUT2D eigenvalue weighted by Crippen LogP contribution is -2.41. The van der Waals surface area contributed by atoms with Crippen LogP contribution in [0.25, 0.3) is 0 Å². The summed E-state index contributed by atoms with van der Waals surface area (Å²) in [7, 11) is -1.76. The molecule has 8 heteroatoms. The highest BCUT2D eigenvalue weighted by Crippen LogP contribution is 2.09. The van der Waals surface area contributed by atoms with Crippen molar-refractivity contribution >= 4 is 40.0 Å². The predicted molar refractivity (Wildman–Crippen MR) is 115 cm³/mol. The topological polar surface area (TPSA) is 82.6 Å². The maximum absolute atomic E-state index is 12.1. The molecule has 1 aromatic rings. The first-order chi connectivity index (χ1) is 11.3. The fourth-order valence-electron chi connectivity index (χ4n) is 2.10. The van der Waals surface area contributed by atoms with E-state index in [0.717, 1.165) is 18.5 Å². The van der Waals surface area contributed by atoms with Crippen LogP contribution in [0.1, 0.15) is 32.3 Å². The highest BCUT2D eigenvalue weighted by atomic mass is 127. The van der Waals surface area contributed by atoms with Crippen LogP contribution in [0.3, 0.4) is 0 Å². The third-order valence-electron chi connectivity index (χ3n) is 3.52. The van der Waals surface area contributed by atoms with Gasteiger partial charge in [-0.15, -0.1) is 24.0 Å². The molecule has 0 heterocycles. The zero-order valence-electron chi connectivity index (χ0n) is 15.5. The quantitative estimate of drug-likeness (QED) is 0.219. The predicted octanol–water partition coefficient (Wildman–Crippen LogP) is 2.49. The van der Waals surface area contributed by atoms with Crippen molar-refractivity contribution in [3.05, 3.63) is 29.8 Å². The highest BCUT2D eigenvalue weighted by Gasteiger charge is 2.12. The van der Waals surface area contributed by atoms with Crippen LogP contribution in [0.5, 0.6) is 0 Å². The third kappa shape index (κ3) is 10.0. The zero-order chi connectivity index (χ0) is 18.0. The van der Waals surface area contributed by atoms with Crippen molar-refractivity contribution in [2.24, 2.45) is 10.9 Å². The van der Waals surface area contributed by atoms with Gasteiger partial charge in [0.05, 0.1) is 4.90 Å². The Morgan fingerprint density at radius 1 is 1.08 bits per heavy atom. The molecule has 0 radical (unpaired) electrons. The Labute approximate surface area is 169 Å².